The normalized spacial score (nSPS) is 19.0. The van der Waals surface area contributed by atoms with Crippen molar-refractivity contribution in [1.82, 2.24) is 20.4 Å². The number of rotatable bonds is 11. The number of nitrogens with zero attached hydrogens (tertiary/aromatic N) is 4. The molecule has 7 heteroatoms. The molecule has 0 aliphatic heterocycles. The third-order valence-corrected chi connectivity index (χ3v) is 9.19. The van der Waals surface area contributed by atoms with Gasteiger partial charge in [-0.15, -0.1) is 20.4 Å². The fraction of sp³-hybridized carbons (Fsp3) is 0.368. The minimum Gasteiger partial charge on any atom is -0.494 e. The Morgan fingerprint density at radius 2 is 1.29 bits per heavy atom. The van der Waals surface area contributed by atoms with Crippen molar-refractivity contribution in [2.45, 2.75) is 64.7 Å². The molecular weight excluding hydrogens is 560 g/mol. The molecule has 2 heterocycles. The maximum absolute atomic E-state index is 6.09. The second-order valence-electron chi connectivity index (χ2n) is 13.5. The van der Waals surface area contributed by atoms with Crippen molar-refractivity contribution in [3.8, 4) is 51.6 Å². The predicted molar refractivity (Wildman–Crippen MR) is 175 cm³/mol. The van der Waals surface area contributed by atoms with Gasteiger partial charge in [-0.25, -0.2) is 0 Å². The first kappa shape index (κ1) is 29.2. The summed E-state index contributed by atoms with van der Waals surface area (Å²) < 4.78 is 18.2. The van der Waals surface area contributed by atoms with Crippen LogP contribution in [0.5, 0.6) is 5.75 Å². The van der Waals surface area contributed by atoms with E-state index in [0.717, 1.165) is 52.2 Å². The first-order valence-electron chi connectivity index (χ1n) is 16.2. The van der Waals surface area contributed by atoms with Crippen molar-refractivity contribution in [1.29, 1.82) is 0 Å². The zero-order chi connectivity index (χ0) is 30.8. The van der Waals surface area contributed by atoms with Crippen LogP contribution in [0.3, 0.4) is 0 Å². The molecule has 3 atom stereocenters. The van der Waals surface area contributed by atoms with Gasteiger partial charge in [0.05, 0.1) is 6.61 Å². The van der Waals surface area contributed by atoms with Crippen molar-refractivity contribution in [2.75, 3.05) is 6.61 Å². The molecule has 2 aliphatic carbocycles. The summed E-state index contributed by atoms with van der Waals surface area (Å²) in [6.07, 6.45) is 12.6. The van der Waals surface area contributed by atoms with Gasteiger partial charge in [-0.1, -0.05) is 70.0 Å². The average Bonchev–Trinajstić information content (AvgIpc) is 3.88. The standard InChI is InChI=1S/C38H40N4O3/c1-38(2,3)32-18-16-26(17-19-32)34-39-40-35(44-34)29-10-7-11-30(23-29)36-41-42-37(45-36)31-12-8-13-33(24-31)43-20-6-4-5-9-27-21-25-14-15-28(27)22-25/h7-8,10-19,23-25,27-28H,4-6,9,20-22H2,1-3H3. The van der Waals surface area contributed by atoms with Crippen LogP contribution in [0.2, 0.25) is 0 Å². The molecule has 2 aromatic heterocycles. The number of aromatic nitrogens is 4. The Kier molecular flexibility index (Phi) is 8.09. The van der Waals surface area contributed by atoms with Crippen LogP contribution < -0.4 is 4.74 Å². The minimum atomic E-state index is 0.0794. The number of hydrogen-bond acceptors (Lipinski definition) is 7. The van der Waals surface area contributed by atoms with Crippen molar-refractivity contribution in [3.63, 3.8) is 0 Å². The SMILES string of the molecule is CC(C)(C)c1ccc(-c2nnc(-c3cccc(-c4nnc(-c5cccc(OCCCCCC6CC7C=CC6C7)c5)o4)c3)o2)cc1. The van der Waals surface area contributed by atoms with Gasteiger partial charge in [0.1, 0.15) is 5.75 Å². The second kappa shape index (κ2) is 12.5. The van der Waals surface area contributed by atoms with E-state index < -0.39 is 0 Å². The van der Waals surface area contributed by atoms with Gasteiger partial charge in [-0.05, 0) is 103 Å². The molecule has 230 valence electrons. The summed E-state index contributed by atoms with van der Waals surface area (Å²) in [6, 6.07) is 23.8. The third kappa shape index (κ3) is 6.63. The van der Waals surface area contributed by atoms with Crippen molar-refractivity contribution < 1.29 is 13.6 Å². The fourth-order valence-corrected chi connectivity index (χ4v) is 6.63. The zero-order valence-electron chi connectivity index (χ0n) is 26.3. The Labute approximate surface area is 264 Å². The number of benzene rings is 3. The zero-order valence-corrected chi connectivity index (χ0v) is 26.3. The van der Waals surface area contributed by atoms with Gasteiger partial charge in [0.2, 0.25) is 23.6 Å². The minimum absolute atomic E-state index is 0.0794. The molecule has 0 saturated heterocycles. The van der Waals surface area contributed by atoms with Gasteiger partial charge in [-0.2, -0.15) is 0 Å². The highest BCUT2D eigenvalue weighted by Crippen LogP contribution is 2.45. The molecule has 45 heavy (non-hydrogen) atoms. The van der Waals surface area contributed by atoms with Crippen molar-refractivity contribution >= 4 is 0 Å². The number of hydrogen-bond donors (Lipinski definition) is 0. The van der Waals surface area contributed by atoms with E-state index in [1.807, 2.05) is 60.7 Å². The smallest absolute Gasteiger partial charge is 0.248 e. The molecule has 1 fully saturated rings. The van der Waals surface area contributed by atoms with Crippen LogP contribution in [-0.4, -0.2) is 27.0 Å². The number of unbranched alkanes of at least 4 members (excludes halogenated alkanes) is 2. The first-order chi connectivity index (χ1) is 21.9. The molecule has 3 unspecified atom stereocenters. The summed E-state index contributed by atoms with van der Waals surface area (Å²) in [6.45, 7) is 7.29. The highest BCUT2D eigenvalue weighted by atomic mass is 16.5. The first-order valence-corrected chi connectivity index (χ1v) is 16.2. The molecular formula is C38H40N4O3. The second-order valence-corrected chi connectivity index (χ2v) is 13.5. The summed E-state index contributed by atoms with van der Waals surface area (Å²) in [5.41, 5.74) is 4.59. The van der Waals surface area contributed by atoms with Crippen molar-refractivity contribution in [3.05, 3.63) is 90.5 Å². The fourth-order valence-electron chi connectivity index (χ4n) is 6.63. The molecule has 0 N–H and O–H groups in total. The van der Waals surface area contributed by atoms with Crippen LogP contribution in [0.15, 0.2) is 93.8 Å². The number of allylic oxidation sites excluding steroid dienone is 2. The van der Waals surface area contributed by atoms with E-state index >= 15 is 0 Å². The molecule has 0 amide bonds. The van der Waals surface area contributed by atoms with Crippen LogP contribution in [0.1, 0.15) is 64.9 Å². The number of ether oxygens (including phenoxy) is 1. The molecule has 2 aliphatic rings. The maximum atomic E-state index is 6.09. The lowest BCUT2D eigenvalue weighted by atomic mass is 9.87. The van der Waals surface area contributed by atoms with Gasteiger partial charge in [0.25, 0.3) is 0 Å². The van der Waals surface area contributed by atoms with Gasteiger partial charge >= 0.3 is 0 Å². The topological polar surface area (TPSA) is 87.1 Å². The van der Waals surface area contributed by atoms with Crippen LogP contribution in [0, 0.1) is 17.8 Å². The molecule has 2 bridgehead atoms. The van der Waals surface area contributed by atoms with E-state index in [2.05, 4.69) is 65.5 Å². The van der Waals surface area contributed by atoms with E-state index in [-0.39, 0.29) is 5.41 Å². The molecule has 0 radical (unpaired) electrons. The van der Waals surface area contributed by atoms with Crippen LogP contribution in [-0.2, 0) is 5.41 Å². The molecule has 3 aromatic carbocycles. The summed E-state index contributed by atoms with van der Waals surface area (Å²) in [5.74, 6) is 5.21. The molecule has 7 rings (SSSR count). The van der Waals surface area contributed by atoms with Crippen LogP contribution in [0.4, 0.5) is 0 Å². The quantitative estimate of drug-likeness (QED) is 0.110. The summed E-state index contributed by atoms with van der Waals surface area (Å²) in [5, 5.41) is 17.2. The largest absolute Gasteiger partial charge is 0.494 e. The Morgan fingerprint density at radius 1 is 0.667 bits per heavy atom. The summed E-state index contributed by atoms with van der Waals surface area (Å²) in [7, 11) is 0. The summed E-state index contributed by atoms with van der Waals surface area (Å²) in [4.78, 5) is 0. The Balaban J connectivity index is 0.956. The lowest BCUT2D eigenvalue weighted by Crippen LogP contribution is -2.10. The van der Waals surface area contributed by atoms with Gasteiger partial charge in [-0.3, -0.25) is 0 Å². The molecule has 1 saturated carbocycles. The molecule has 7 nitrogen and oxygen atoms in total. The molecule has 5 aromatic rings. The Bertz CT molecular complexity index is 1780. The van der Waals surface area contributed by atoms with Crippen LogP contribution in [0.25, 0.3) is 45.8 Å². The van der Waals surface area contributed by atoms with E-state index in [0.29, 0.717) is 30.2 Å². The van der Waals surface area contributed by atoms with Crippen molar-refractivity contribution in [2.24, 2.45) is 17.8 Å². The van der Waals surface area contributed by atoms with Gasteiger partial charge < -0.3 is 13.6 Å². The number of fused-ring (bicyclic) bond motifs is 2. The Morgan fingerprint density at radius 3 is 1.89 bits per heavy atom. The lowest BCUT2D eigenvalue weighted by Gasteiger charge is -2.18. The maximum Gasteiger partial charge on any atom is 0.248 e. The van der Waals surface area contributed by atoms with E-state index in [1.165, 1.54) is 37.7 Å². The van der Waals surface area contributed by atoms with E-state index in [1.54, 1.807) is 0 Å². The Hall–Kier alpha value is -4.52. The van der Waals surface area contributed by atoms with Crippen LogP contribution >= 0.6 is 0 Å². The highest BCUT2D eigenvalue weighted by molar-refractivity contribution is 5.66. The third-order valence-electron chi connectivity index (χ3n) is 9.19. The van der Waals surface area contributed by atoms with Gasteiger partial charge in [0.15, 0.2) is 0 Å². The average molecular weight is 601 g/mol. The van der Waals surface area contributed by atoms with Gasteiger partial charge in [0, 0.05) is 22.3 Å². The summed E-state index contributed by atoms with van der Waals surface area (Å²) >= 11 is 0. The van der Waals surface area contributed by atoms with E-state index in [4.69, 9.17) is 13.6 Å². The van der Waals surface area contributed by atoms with E-state index in [9.17, 15) is 0 Å². The molecule has 0 spiro atoms. The predicted octanol–water partition coefficient (Wildman–Crippen LogP) is 9.57. The lowest BCUT2D eigenvalue weighted by molar-refractivity contribution is 0.299. The highest BCUT2D eigenvalue weighted by Gasteiger charge is 2.34. The monoisotopic (exact) mass is 600 g/mol.